The summed E-state index contributed by atoms with van der Waals surface area (Å²) in [7, 11) is 0. The number of tetrazole rings is 1. The molecule has 1 unspecified atom stereocenters. The Balaban J connectivity index is 2.52. The number of anilines is 1. The number of ether oxygens (including phenoxy) is 1. The van der Waals surface area contributed by atoms with E-state index in [4.69, 9.17) is 10.5 Å². The summed E-state index contributed by atoms with van der Waals surface area (Å²) in [5.41, 5.74) is 5.48. The van der Waals surface area contributed by atoms with Crippen LogP contribution in [-0.2, 0) is 4.74 Å². The fraction of sp³-hybridized carbons (Fsp3) is 0.833. The highest BCUT2D eigenvalue weighted by Gasteiger charge is 2.09. The fourth-order valence-electron chi connectivity index (χ4n) is 0.874. The molecule has 0 saturated carbocycles. The van der Waals surface area contributed by atoms with Gasteiger partial charge in [0.25, 0.3) is 0 Å². The van der Waals surface area contributed by atoms with Gasteiger partial charge in [-0.25, -0.2) is 4.68 Å². The van der Waals surface area contributed by atoms with Crippen molar-refractivity contribution in [1.29, 1.82) is 0 Å². The van der Waals surface area contributed by atoms with Crippen LogP contribution >= 0.6 is 0 Å². The fourth-order valence-corrected chi connectivity index (χ4v) is 0.874. The van der Waals surface area contributed by atoms with Crippen molar-refractivity contribution in [2.45, 2.75) is 19.9 Å². The van der Waals surface area contributed by atoms with Crippen LogP contribution in [0.15, 0.2) is 0 Å². The van der Waals surface area contributed by atoms with Gasteiger partial charge in [-0.3, -0.25) is 0 Å². The first-order chi connectivity index (χ1) is 5.75. The summed E-state index contributed by atoms with van der Waals surface area (Å²) in [6.45, 7) is 5.15. The summed E-state index contributed by atoms with van der Waals surface area (Å²) >= 11 is 0. The minimum Gasteiger partial charge on any atom is -0.380 e. The topological polar surface area (TPSA) is 78.8 Å². The molecule has 6 nitrogen and oxygen atoms in total. The molecule has 0 spiro atoms. The van der Waals surface area contributed by atoms with Crippen molar-refractivity contribution in [1.82, 2.24) is 20.2 Å². The van der Waals surface area contributed by atoms with E-state index >= 15 is 0 Å². The Morgan fingerprint density at radius 3 is 2.92 bits per heavy atom. The van der Waals surface area contributed by atoms with Crippen molar-refractivity contribution in [2.24, 2.45) is 0 Å². The Kier molecular flexibility index (Phi) is 2.98. The van der Waals surface area contributed by atoms with Gasteiger partial charge < -0.3 is 10.5 Å². The average Bonchev–Trinajstić information content (AvgIpc) is 2.47. The zero-order valence-electron chi connectivity index (χ0n) is 7.27. The predicted octanol–water partition coefficient (Wildman–Crippen LogP) is -0.147. The van der Waals surface area contributed by atoms with Gasteiger partial charge in [0.15, 0.2) is 0 Å². The second-order valence-corrected chi connectivity index (χ2v) is 2.49. The number of nitrogens with two attached hydrogens (primary N) is 1. The molecular formula is C6H13N5O. The van der Waals surface area contributed by atoms with E-state index in [-0.39, 0.29) is 6.04 Å². The third-order valence-corrected chi connectivity index (χ3v) is 1.50. The summed E-state index contributed by atoms with van der Waals surface area (Å²) in [5.74, 6) is 0.321. The molecule has 1 aromatic rings. The second kappa shape index (κ2) is 4.01. The van der Waals surface area contributed by atoms with E-state index in [1.54, 1.807) is 0 Å². The lowest BCUT2D eigenvalue weighted by Crippen LogP contribution is -2.15. The van der Waals surface area contributed by atoms with Crippen molar-refractivity contribution in [3.8, 4) is 0 Å². The van der Waals surface area contributed by atoms with Crippen LogP contribution < -0.4 is 5.73 Å². The van der Waals surface area contributed by atoms with E-state index in [0.717, 1.165) is 0 Å². The molecule has 2 N–H and O–H groups in total. The Hall–Kier alpha value is -1.17. The van der Waals surface area contributed by atoms with Gasteiger partial charge in [0.2, 0.25) is 5.95 Å². The molecule has 0 aliphatic heterocycles. The van der Waals surface area contributed by atoms with E-state index in [9.17, 15) is 0 Å². The number of rotatable bonds is 4. The molecule has 68 valence electrons. The highest BCUT2D eigenvalue weighted by molar-refractivity contribution is 5.10. The molecule has 12 heavy (non-hydrogen) atoms. The molecule has 0 aliphatic carbocycles. The molecule has 0 radical (unpaired) electrons. The van der Waals surface area contributed by atoms with Gasteiger partial charge in [-0.1, -0.05) is 5.10 Å². The summed E-state index contributed by atoms with van der Waals surface area (Å²) in [6, 6.07) is 0.0833. The lowest BCUT2D eigenvalue weighted by molar-refractivity contribution is 0.115. The van der Waals surface area contributed by atoms with Crippen molar-refractivity contribution in [2.75, 3.05) is 18.9 Å². The number of hydrogen-bond acceptors (Lipinski definition) is 5. The first-order valence-corrected chi connectivity index (χ1v) is 3.86. The predicted molar refractivity (Wildman–Crippen MR) is 43.4 cm³/mol. The van der Waals surface area contributed by atoms with Crippen LogP contribution in [0.1, 0.15) is 19.9 Å². The first kappa shape index (κ1) is 8.92. The number of nitrogens with zero attached hydrogens (tertiary/aromatic N) is 4. The third-order valence-electron chi connectivity index (χ3n) is 1.50. The zero-order chi connectivity index (χ0) is 8.97. The third kappa shape index (κ3) is 1.91. The van der Waals surface area contributed by atoms with Crippen LogP contribution in [0.25, 0.3) is 0 Å². The van der Waals surface area contributed by atoms with Crippen LogP contribution in [0.5, 0.6) is 0 Å². The Labute approximate surface area is 70.7 Å². The van der Waals surface area contributed by atoms with Crippen LogP contribution in [-0.4, -0.2) is 33.4 Å². The molecule has 0 bridgehead atoms. The van der Waals surface area contributed by atoms with Crippen LogP contribution in [0, 0.1) is 0 Å². The van der Waals surface area contributed by atoms with E-state index in [2.05, 4.69) is 15.5 Å². The quantitative estimate of drug-likeness (QED) is 0.681. The van der Waals surface area contributed by atoms with E-state index < -0.39 is 0 Å². The van der Waals surface area contributed by atoms with E-state index in [1.165, 1.54) is 4.68 Å². The molecular weight excluding hydrogens is 158 g/mol. The van der Waals surface area contributed by atoms with Crippen molar-refractivity contribution < 1.29 is 4.74 Å². The van der Waals surface area contributed by atoms with Crippen molar-refractivity contribution in [3.05, 3.63) is 0 Å². The highest BCUT2D eigenvalue weighted by atomic mass is 16.5. The SMILES string of the molecule is CCOCC(C)n1nnnc1N. The molecule has 0 amide bonds. The average molecular weight is 171 g/mol. The smallest absolute Gasteiger partial charge is 0.240 e. The molecule has 0 saturated heterocycles. The maximum absolute atomic E-state index is 5.48. The molecule has 6 heteroatoms. The van der Waals surface area contributed by atoms with Gasteiger partial charge in [0.05, 0.1) is 12.6 Å². The normalized spacial score (nSPS) is 13.2. The molecule has 1 rings (SSSR count). The monoisotopic (exact) mass is 171 g/mol. The maximum atomic E-state index is 5.48. The summed E-state index contributed by atoms with van der Waals surface area (Å²) in [4.78, 5) is 0. The van der Waals surface area contributed by atoms with Gasteiger partial charge in [0, 0.05) is 6.61 Å². The van der Waals surface area contributed by atoms with Crippen molar-refractivity contribution in [3.63, 3.8) is 0 Å². The minimum atomic E-state index is 0.0833. The van der Waals surface area contributed by atoms with E-state index in [1.807, 2.05) is 13.8 Å². The molecule has 0 aliphatic rings. The van der Waals surface area contributed by atoms with Crippen molar-refractivity contribution >= 4 is 5.95 Å². The van der Waals surface area contributed by atoms with Crippen LogP contribution in [0.3, 0.4) is 0 Å². The van der Waals surface area contributed by atoms with Gasteiger partial charge in [-0.15, -0.1) is 0 Å². The first-order valence-electron chi connectivity index (χ1n) is 3.86. The molecule has 1 atom stereocenters. The molecule has 1 heterocycles. The van der Waals surface area contributed by atoms with Gasteiger partial charge >= 0.3 is 0 Å². The molecule has 0 fully saturated rings. The standard InChI is InChI=1S/C6H13N5O/c1-3-12-4-5(2)11-6(7)8-9-10-11/h5H,3-4H2,1-2H3,(H2,7,8,10). The largest absolute Gasteiger partial charge is 0.380 e. The second-order valence-electron chi connectivity index (χ2n) is 2.49. The van der Waals surface area contributed by atoms with Crippen LogP contribution in [0.4, 0.5) is 5.95 Å². The summed E-state index contributed by atoms with van der Waals surface area (Å²) < 4.78 is 6.74. The number of nitrogen functional groups attached to an aromatic ring is 1. The molecule has 1 aromatic heterocycles. The highest BCUT2D eigenvalue weighted by Crippen LogP contribution is 2.06. The number of aromatic nitrogens is 4. The van der Waals surface area contributed by atoms with Crippen LogP contribution in [0.2, 0.25) is 0 Å². The van der Waals surface area contributed by atoms with Gasteiger partial charge in [0.1, 0.15) is 0 Å². The maximum Gasteiger partial charge on any atom is 0.240 e. The minimum absolute atomic E-state index is 0.0833. The summed E-state index contributed by atoms with van der Waals surface area (Å²) in [5, 5.41) is 10.7. The summed E-state index contributed by atoms with van der Waals surface area (Å²) in [6.07, 6.45) is 0. The van der Waals surface area contributed by atoms with E-state index in [0.29, 0.717) is 19.2 Å². The molecule has 0 aromatic carbocycles. The van der Waals surface area contributed by atoms with Gasteiger partial charge in [-0.05, 0) is 24.3 Å². The lowest BCUT2D eigenvalue weighted by atomic mass is 10.4. The lowest BCUT2D eigenvalue weighted by Gasteiger charge is -2.10. The Morgan fingerprint density at radius 2 is 2.42 bits per heavy atom. The number of hydrogen-bond donors (Lipinski definition) is 1. The Bertz CT molecular complexity index is 236. The zero-order valence-corrected chi connectivity index (χ0v) is 7.27. The van der Waals surface area contributed by atoms with Gasteiger partial charge in [-0.2, -0.15) is 0 Å². The Morgan fingerprint density at radius 1 is 1.67 bits per heavy atom.